The van der Waals surface area contributed by atoms with Gasteiger partial charge in [-0.25, -0.2) is 0 Å². The van der Waals surface area contributed by atoms with Gasteiger partial charge in [0.2, 0.25) is 0 Å². The van der Waals surface area contributed by atoms with Gasteiger partial charge in [0, 0.05) is 41.1 Å². The first-order chi connectivity index (χ1) is 17.5. The Morgan fingerprint density at radius 1 is 0.833 bits per heavy atom. The van der Waals surface area contributed by atoms with Crippen LogP contribution in [0.1, 0.15) is 63.8 Å². The lowest BCUT2D eigenvalue weighted by atomic mass is 10.4. The minimum atomic E-state index is 0.149. The lowest BCUT2D eigenvalue weighted by Crippen LogP contribution is -1.90. The summed E-state index contributed by atoms with van der Waals surface area (Å²) >= 11 is 11.5. The van der Waals surface area contributed by atoms with Crippen molar-refractivity contribution in [2.75, 3.05) is 26.4 Å². The molecule has 4 heterocycles. The van der Waals surface area contributed by atoms with Crippen molar-refractivity contribution in [3.05, 3.63) is 63.5 Å². The maximum Gasteiger partial charge on any atom is 0.160 e. The number of aldehydes is 1. The minimum absolute atomic E-state index is 0.149. The molecular formula is C26H36Br2O5S3. The summed E-state index contributed by atoms with van der Waals surface area (Å²) in [5.74, 6) is 0. The summed E-state index contributed by atoms with van der Waals surface area (Å²) in [5, 5.41) is 8.54. The molecule has 1 aliphatic heterocycles. The lowest BCUT2D eigenvalue weighted by Gasteiger charge is -1.97. The van der Waals surface area contributed by atoms with E-state index in [9.17, 15) is 4.79 Å². The highest BCUT2D eigenvalue weighted by molar-refractivity contribution is 9.11. The van der Waals surface area contributed by atoms with Gasteiger partial charge < -0.3 is 19.3 Å². The third kappa shape index (κ3) is 17.1. The van der Waals surface area contributed by atoms with E-state index in [-0.39, 0.29) is 6.61 Å². The van der Waals surface area contributed by atoms with Crippen LogP contribution in [0.25, 0.3) is 0 Å². The lowest BCUT2D eigenvalue weighted by molar-refractivity contribution is 0.112. The highest BCUT2D eigenvalue weighted by Gasteiger charge is 1.98. The van der Waals surface area contributed by atoms with Gasteiger partial charge in [-0.05, 0) is 93.9 Å². The maximum absolute atomic E-state index is 10.3. The molecule has 1 aliphatic rings. The first-order valence-corrected chi connectivity index (χ1v) is 15.9. The summed E-state index contributed by atoms with van der Waals surface area (Å²) in [4.78, 5) is 14.5. The van der Waals surface area contributed by atoms with Crippen molar-refractivity contribution in [2.45, 2.75) is 59.4 Å². The quantitative estimate of drug-likeness (QED) is 0.171. The Morgan fingerprint density at radius 2 is 1.33 bits per heavy atom. The second kappa shape index (κ2) is 22.5. The summed E-state index contributed by atoms with van der Waals surface area (Å²) in [6.07, 6.45) is 5.55. The number of ether oxygens (including phenoxy) is 3. The second-order valence-electron chi connectivity index (χ2n) is 7.42. The van der Waals surface area contributed by atoms with E-state index >= 15 is 0 Å². The van der Waals surface area contributed by atoms with E-state index in [0.29, 0.717) is 6.61 Å². The zero-order chi connectivity index (χ0) is 26.4. The normalized spacial score (nSPS) is 12.0. The third-order valence-electron chi connectivity index (χ3n) is 4.23. The molecule has 0 bridgehead atoms. The number of carbonyl (C=O) groups is 1. The molecule has 10 heteroatoms. The van der Waals surface area contributed by atoms with Crippen LogP contribution in [0.15, 0.2) is 44.0 Å². The van der Waals surface area contributed by atoms with Crippen LogP contribution in [-0.2, 0) is 34.0 Å². The zero-order valence-electron chi connectivity index (χ0n) is 20.9. The number of carbonyl (C=O) groups excluding carboxylic acids is 1. The number of aliphatic hydroxyl groups excluding tert-OH is 1. The number of aliphatic hydroxyl groups is 1. The molecule has 202 valence electrons. The molecule has 1 fully saturated rings. The Morgan fingerprint density at radius 3 is 1.67 bits per heavy atom. The molecule has 36 heavy (non-hydrogen) atoms. The molecule has 5 nitrogen and oxygen atoms in total. The van der Waals surface area contributed by atoms with Gasteiger partial charge in [-0.3, -0.25) is 4.79 Å². The summed E-state index contributed by atoms with van der Waals surface area (Å²) in [6.45, 7) is 9.37. The van der Waals surface area contributed by atoms with Gasteiger partial charge in [-0.2, -0.15) is 0 Å². The van der Waals surface area contributed by atoms with Gasteiger partial charge in [0.05, 0.1) is 32.3 Å². The molecule has 0 radical (unpaired) electrons. The van der Waals surface area contributed by atoms with Crippen molar-refractivity contribution in [3.63, 3.8) is 0 Å². The highest BCUT2D eigenvalue weighted by Crippen LogP contribution is 2.22. The van der Waals surface area contributed by atoms with Crippen LogP contribution < -0.4 is 0 Å². The molecule has 3 aromatic heterocycles. The van der Waals surface area contributed by atoms with E-state index in [4.69, 9.17) is 19.3 Å². The van der Waals surface area contributed by atoms with Crippen molar-refractivity contribution in [3.8, 4) is 0 Å². The average molecular weight is 685 g/mol. The van der Waals surface area contributed by atoms with Crippen molar-refractivity contribution >= 4 is 72.2 Å². The summed E-state index contributed by atoms with van der Waals surface area (Å²) in [7, 11) is 0. The van der Waals surface area contributed by atoms with E-state index in [0.717, 1.165) is 70.6 Å². The Balaban J connectivity index is 0.000000250. The van der Waals surface area contributed by atoms with Gasteiger partial charge >= 0.3 is 0 Å². The first-order valence-electron chi connectivity index (χ1n) is 11.9. The maximum atomic E-state index is 10.3. The van der Waals surface area contributed by atoms with Crippen LogP contribution in [0, 0.1) is 0 Å². The van der Waals surface area contributed by atoms with Crippen molar-refractivity contribution in [2.24, 2.45) is 0 Å². The Hall–Kier alpha value is -0.430. The van der Waals surface area contributed by atoms with Crippen LogP contribution in [0.3, 0.4) is 0 Å². The number of hydrogen-bond donors (Lipinski definition) is 1. The first kappa shape index (κ1) is 33.6. The monoisotopic (exact) mass is 682 g/mol. The minimum Gasteiger partial charge on any atom is -0.391 e. The highest BCUT2D eigenvalue weighted by atomic mass is 79.9. The molecule has 0 aromatic carbocycles. The smallest absolute Gasteiger partial charge is 0.160 e. The van der Waals surface area contributed by atoms with Gasteiger partial charge in [0.15, 0.2) is 6.29 Å². The molecule has 1 saturated heterocycles. The van der Waals surface area contributed by atoms with Gasteiger partial charge in [-0.1, -0.05) is 13.8 Å². The van der Waals surface area contributed by atoms with Crippen LogP contribution in [0.5, 0.6) is 0 Å². The van der Waals surface area contributed by atoms with E-state index in [1.54, 1.807) is 22.7 Å². The van der Waals surface area contributed by atoms with Crippen LogP contribution in [-0.4, -0.2) is 37.8 Å². The fraction of sp³-hybridized carbons (Fsp3) is 0.500. The Bertz CT molecular complexity index is 915. The van der Waals surface area contributed by atoms with Crippen molar-refractivity contribution < 1.29 is 24.1 Å². The molecule has 1 N–H and O–H groups in total. The molecule has 0 amide bonds. The van der Waals surface area contributed by atoms with E-state index < -0.39 is 0 Å². The van der Waals surface area contributed by atoms with E-state index in [1.165, 1.54) is 32.8 Å². The summed E-state index contributed by atoms with van der Waals surface area (Å²) < 4.78 is 17.9. The fourth-order valence-electron chi connectivity index (χ4n) is 2.55. The molecule has 0 spiro atoms. The third-order valence-corrected chi connectivity index (χ3v) is 8.41. The molecular weight excluding hydrogens is 648 g/mol. The number of rotatable bonds is 10. The Labute approximate surface area is 244 Å². The molecule has 0 atom stereocenters. The molecule has 0 aliphatic carbocycles. The van der Waals surface area contributed by atoms with Crippen LogP contribution in [0.4, 0.5) is 0 Å². The van der Waals surface area contributed by atoms with Crippen LogP contribution in [0.2, 0.25) is 0 Å². The summed E-state index contributed by atoms with van der Waals surface area (Å²) in [6, 6.07) is 11.7. The molecule has 0 unspecified atom stereocenters. The fourth-order valence-corrected chi connectivity index (χ4v) is 6.08. The van der Waals surface area contributed by atoms with Crippen molar-refractivity contribution in [1.82, 2.24) is 0 Å². The second-order valence-corrected chi connectivity index (χ2v) is 13.7. The average Bonchev–Trinajstić information content (AvgIpc) is 3.70. The van der Waals surface area contributed by atoms with Crippen LogP contribution >= 0.6 is 65.9 Å². The van der Waals surface area contributed by atoms with Gasteiger partial charge in [-0.15, -0.1) is 34.0 Å². The van der Waals surface area contributed by atoms with Crippen molar-refractivity contribution in [1.29, 1.82) is 0 Å². The van der Waals surface area contributed by atoms with E-state index in [1.807, 2.05) is 24.3 Å². The number of thiophene rings is 3. The predicted octanol–water partition coefficient (Wildman–Crippen LogP) is 8.72. The zero-order valence-corrected chi connectivity index (χ0v) is 26.5. The molecule has 4 rings (SSSR count). The number of halogens is 2. The van der Waals surface area contributed by atoms with Gasteiger partial charge in [0.1, 0.15) is 0 Å². The van der Waals surface area contributed by atoms with Gasteiger partial charge in [0.25, 0.3) is 0 Å². The topological polar surface area (TPSA) is 65.0 Å². The number of hydrogen-bond acceptors (Lipinski definition) is 8. The SMILES string of the molecule is C1CCOC1.CCCOCc1ccc(Br)s1.CCCOCc1ccc(C=O)s1.OCc1ccc(Br)s1. The predicted molar refractivity (Wildman–Crippen MR) is 160 cm³/mol. The largest absolute Gasteiger partial charge is 0.391 e. The summed E-state index contributed by atoms with van der Waals surface area (Å²) in [5.41, 5.74) is 0. The standard InChI is InChI=1S/C9H12O2S.C8H11BrOS.C5H5BrOS.C4H8O/c1-2-5-11-7-9-4-3-8(6-10)12-9;1-2-5-10-6-7-3-4-8(9)11-7;6-5-2-1-4(3-7)8-5;1-2-4-5-3-1/h3-4,6H,2,5,7H2,1H3;3-4H,2,5-6H2,1H3;1-2,7H,3H2;1-4H2. The molecule has 0 saturated carbocycles. The molecule has 3 aromatic rings. The van der Waals surface area contributed by atoms with E-state index in [2.05, 4.69) is 57.8 Å². The Kier molecular flexibility index (Phi) is 21.0.